The standard InChI is InChI=1S/C7H12O2/c1-3-6(5-8)7(9)4-2/h7-9H,1,4-5H2,2H3. The molecule has 1 atom stereocenters. The summed E-state index contributed by atoms with van der Waals surface area (Å²) in [6.45, 7) is 5.00. The second kappa shape index (κ2) is 4.33. The van der Waals surface area contributed by atoms with Crippen LogP contribution in [0.15, 0.2) is 17.9 Å². The van der Waals surface area contributed by atoms with E-state index in [1.165, 1.54) is 0 Å². The maximum Gasteiger partial charge on any atom is 0.0843 e. The van der Waals surface area contributed by atoms with Crippen molar-refractivity contribution in [2.45, 2.75) is 19.4 Å². The molecule has 2 heteroatoms. The van der Waals surface area contributed by atoms with Gasteiger partial charge in [0, 0.05) is 5.57 Å². The number of hydrogen-bond acceptors (Lipinski definition) is 2. The molecule has 0 fully saturated rings. The topological polar surface area (TPSA) is 40.5 Å². The van der Waals surface area contributed by atoms with E-state index in [1.54, 1.807) is 0 Å². The Balaban J connectivity index is 3.96. The molecular weight excluding hydrogens is 116 g/mol. The maximum absolute atomic E-state index is 9.02. The van der Waals surface area contributed by atoms with Crippen molar-refractivity contribution in [3.8, 4) is 0 Å². The van der Waals surface area contributed by atoms with Gasteiger partial charge in [-0.1, -0.05) is 13.5 Å². The number of hydrogen-bond donors (Lipinski definition) is 2. The quantitative estimate of drug-likeness (QED) is 0.542. The molecule has 0 bridgehead atoms. The van der Waals surface area contributed by atoms with Gasteiger partial charge in [-0.15, -0.1) is 5.73 Å². The van der Waals surface area contributed by atoms with Gasteiger partial charge in [-0.05, 0) is 6.42 Å². The molecule has 0 aliphatic carbocycles. The molecule has 0 saturated carbocycles. The van der Waals surface area contributed by atoms with Crippen LogP contribution in [-0.4, -0.2) is 22.9 Å². The summed E-state index contributed by atoms with van der Waals surface area (Å²) in [5.74, 6) is 0. The van der Waals surface area contributed by atoms with Crippen molar-refractivity contribution in [1.82, 2.24) is 0 Å². The maximum atomic E-state index is 9.02. The van der Waals surface area contributed by atoms with Crippen LogP contribution in [0.25, 0.3) is 0 Å². The zero-order chi connectivity index (χ0) is 7.28. The third-order valence-corrected chi connectivity index (χ3v) is 1.19. The molecule has 52 valence electrons. The van der Waals surface area contributed by atoms with Crippen LogP contribution in [0.1, 0.15) is 13.3 Å². The first-order chi connectivity index (χ1) is 4.26. The van der Waals surface area contributed by atoms with E-state index < -0.39 is 6.10 Å². The Morgan fingerprint density at radius 3 is 2.44 bits per heavy atom. The Labute approximate surface area is 55.1 Å². The van der Waals surface area contributed by atoms with Crippen LogP contribution >= 0.6 is 0 Å². The van der Waals surface area contributed by atoms with E-state index in [2.05, 4.69) is 12.3 Å². The van der Waals surface area contributed by atoms with Crippen LogP contribution in [0.4, 0.5) is 0 Å². The fraction of sp³-hybridized carbons (Fsp3) is 0.571. The summed E-state index contributed by atoms with van der Waals surface area (Å²) in [7, 11) is 0. The Hall–Kier alpha value is -0.560. The van der Waals surface area contributed by atoms with Gasteiger partial charge in [0.05, 0.1) is 12.7 Å². The molecule has 0 aliphatic heterocycles. The lowest BCUT2D eigenvalue weighted by atomic mass is 10.1. The van der Waals surface area contributed by atoms with Gasteiger partial charge >= 0.3 is 0 Å². The van der Waals surface area contributed by atoms with E-state index in [4.69, 9.17) is 10.2 Å². The van der Waals surface area contributed by atoms with Gasteiger partial charge in [-0.2, -0.15) is 0 Å². The zero-order valence-electron chi connectivity index (χ0n) is 5.59. The zero-order valence-corrected chi connectivity index (χ0v) is 5.59. The molecule has 0 heterocycles. The third kappa shape index (κ3) is 2.47. The molecule has 2 nitrogen and oxygen atoms in total. The van der Waals surface area contributed by atoms with Crippen molar-refractivity contribution in [2.24, 2.45) is 0 Å². The smallest absolute Gasteiger partial charge is 0.0843 e. The molecule has 0 spiro atoms. The molecule has 0 radical (unpaired) electrons. The molecule has 1 unspecified atom stereocenters. The SMILES string of the molecule is C=C=C(CO)C(O)CC. The predicted molar refractivity (Wildman–Crippen MR) is 36.0 cm³/mol. The molecule has 0 aliphatic rings. The lowest BCUT2D eigenvalue weighted by molar-refractivity contribution is 0.184. The van der Waals surface area contributed by atoms with Gasteiger partial charge in [-0.25, -0.2) is 0 Å². The fourth-order valence-corrected chi connectivity index (χ4v) is 0.525. The van der Waals surface area contributed by atoms with Gasteiger partial charge in [0.1, 0.15) is 0 Å². The van der Waals surface area contributed by atoms with Crippen LogP contribution in [0.5, 0.6) is 0 Å². The Morgan fingerprint density at radius 2 is 2.33 bits per heavy atom. The summed E-state index contributed by atoms with van der Waals surface area (Å²) in [6.07, 6.45) is 0.0193. The lowest BCUT2D eigenvalue weighted by Crippen LogP contribution is -2.10. The van der Waals surface area contributed by atoms with E-state index in [9.17, 15) is 0 Å². The highest BCUT2D eigenvalue weighted by Gasteiger charge is 2.04. The molecule has 9 heavy (non-hydrogen) atoms. The highest BCUT2D eigenvalue weighted by atomic mass is 16.3. The van der Waals surface area contributed by atoms with Crippen LogP contribution in [0, 0.1) is 0 Å². The van der Waals surface area contributed by atoms with E-state index in [0.29, 0.717) is 12.0 Å². The molecule has 0 aromatic heterocycles. The molecular formula is C7H12O2. The number of aliphatic hydroxyl groups excluding tert-OH is 2. The molecule has 2 N–H and O–H groups in total. The second-order valence-corrected chi connectivity index (χ2v) is 1.78. The van der Waals surface area contributed by atoms with Crippen LogP contribution in [-0.2, 0) is 0 Å². The minimum Gasteiger partial charge on any atom is -0.391 e. The van der Waals surface area contributed by atoms with E-state index in [0.717, 1.165) is 0 Å². The van der Waals surface area contributed by atoms with Gasteiger partial charge in [0.15, 0.2) is 0 Å². The van der Waals surface area contributed by atoms with Crippen LogP contribution in [0.3, 0.4) is 0 Å². The van der Waals surface area contributed by atoms with Crippen molar-refractivity contribution in [3.63, 3.8) is 0 Å². The monoisotopic (exact) mass is 128 g/mol. The summed E-state index contributed by atoms with van der Waals surface area (Å²) >= 11 is 0. The largest absolute Gasteiger partial charge is 0.391 e. The van der Waals surface area contributed by atoms with Gasteiger partial charge in [0.25, 0.3) is 0 Å². The Morgan fingerprint density at radius 1 is 1.78 bits per heavy atom. The number of aliphatic hydroxyl groups is 2. The molecule has 0 amide bonds. The fourth-order valence-electron chi connectivity index (χ4n) is 0.525. The van der Waals surface area contributed by atoms with E-state index in [1.807, 2.05) is 6.92 Å². The minimum atomic E-state index is -0.576. The first-order valence-corrected chi connectivity index (χ1v) is 2.94. The minimum absolute atomic E-state index is 0.154. The van der Waals surface area contributed by atoms with Crippen molar-refractivity contribution in [1.29, 1.82) is 0 Å². The van der Waals surface area contributed by atoms with Crippen molar-refractivity contribution >= 4 is 0 Å². The summed E-state index contributed by atoms with van der Waals surface area (Å²) in [5, 5.41) is 17.5. The van der Waals surface area contributed by atoms with E-state index in [-0.39, 0.29) is 6.61 Å². The van der Waals surface area contributed by atoms with Crippen LogP contribution < -0.4 is 0 Å². The van der Waals surface area contributed by atoms with Gasteiger partial charge in [-0.3, -0.25) is 0 Å². The summed E-state index contributed by atoms with van der Waals surface area (Å²) in [6, 6.07) is 0. The van der Waals surface area contributed by atoms with Crippen LogP contribution in [0.2, 0.25) is 0 Å². The van der Waals surface area contributed by atoms with Crippen molar-refractivity contribution in [3.05, 3.63) is 17.9 Å². The molecule has 0 rings (SSSR count). The molecule has 0 aromatic rings. The van der Waals surface area contributed by atoms with E-state index >= 15 is 0 Å². The predicted octanol–water partition coefficient (Wildman–Crippen LogP) is 0.461. The Kier molecular flexibility index (Phi) is 4.06. The first kappa shape index (κ1) is 8.44. The highest BCUT2D eigenvalue weighted by molar-refractivity contribution is 5.04. The lowest BCUT2D eigenvalue weighted by Gasteiger charge is -2.05. The average molecular weight is 128 g/mol. The van der Waals surface area contributed by atoms with Crippen molar-refractivity contribution in [2.75, 3.05) is 6.61 Å². The normalized spacial score (nSPS) is 12.3. The molecule has 0 aromatic carbocycles. The second-order valence-electron chi connectivity index (χ2n) is 1.78. The summed E-state index contributed by atoms with van der Waals surface area (Å²) in [4.78, 5) is 0. The van der Waals surface area contributed by atoms with Gasteiger partial charge in [0.2, 0.25) is 0 Å². The van der Waals surface area contributed by atoms with Crippen molar-refractivity contribution < 1.29 is 10.2 Å². The summed E-state index contributed by atoms with van der Waals surface area (Å²) in [5.41, 5.74) is 2.94. The highest BCUT2D eigenvalue weighted by Crippen LogP contribution is 2.01. The third-order valence-electron chi connectivity index (χ3n) is 1.19. The Bertz CT molecular complexity index is 123. The molecule has 0 saturated heterocycles. The average Bonchev–Trinajstić information content (AvgIpc) is 1.90. The summed E-state index contributed by atoms with van der Waals surface area (Å²) < 4.78 is 0. The number of rotatable bonds is 3. The van der Waals surface area contributed by atoms with Gasteiger partial charge < -0.3 is 10.2 Å². The first-order valence-electron chi connectivity index (χ1n) is 2.94.